The number of hydrogen-bond acceptors (Lipinski definition) is 4. The van der Waals surface area contributed by atoms with E-state index in [-0.39, 0.29) is 29.9 Å². The van der Waals surface area contributed by atoms with E-state index in [0.29, 0.717) is 37.5 Å². The van der Waals surface area contributed by atoms with Crippen molar-refractivity contribution in [2.45, 2.75) is 19.9 Å². The third kappa shape index (κ3) is 3.20. The number of anilines is 1. The number of carbonyl (C=O) groups excluding carboxylic acids is 3. The van der Waals surface area contributed by atoms with E-state index in [1.54, 1.807) is 34.1 Å². The molecule has 7 heteroatoms. The molecule has 7 nitrogen and oxygen atoms in total. The molecule has 3 rings (SSSR count). The summed E-state index contributed by atoms with van der Waals surface area (Å²) in [6, 6.07) is 6.86. The zero-order valence-corrected chi connectivity index (χ0v) is 13.8. The average molecular weight is 331 g/mol. The van der Waals surface area contributed by atoms with Gasteiger partial charge in [0.1, 0.15) is 6.61 Å². The van der Waals surface area contributed by atoms with Gasteiger partial charge in [-0.1, -0.05) is 19.9 Å². The number of nitrogens with one attached hydrogen (secondary N) is 1. The molecular weight excluding hydrogens is 310 g/mol. The van der Waals surface area contributed by atoms with Crippen molar-refractivity contribution >= 4 is 23.6 Å². The van der Waals surface area contributed by atoms with Gasteiger partial charge in [-0.25, -0.2) is 4.79 Å². The molecular formula is C17H21N3O4. The van der Waals surface area contributed by atoms with Gasteiger partial charge < -0.3 is 15.0 Å². The highest BCUT2D eigenvalue weighted by atomic mass is 16.6. The van der Waals surface area contributed by atoms with Gasteiger partial charge in [-0.15, -0.1) is 0 Å². The second kappa shape index (κ2) is 6.51. The topological polar surface area (TPSA) is 79.0 Å². The van der Waals surface area contributed by atoms with E-state index >= 15 is 0 Å². The van der Waals surface area contributed by atoms with Gasteiger partial charge in [-0.2, -0.15) is 0 Å². The molecule has 0 aliphatic carbocycles. The van der Waals surface area contributed by atoms with Crippen LogP contribution in [0.15, 0.2) is 24.3 Å². The van der Waals surface area contributed by atoms with Crippen LogP contribution in [0.2, 0.25) is 0 Å². The van der Waals surface area contributed by atoms with Gasteiger partial charge in [0.15, 0.2) is 0 Å². The maximum absolute atomic E-state index is 12.7. The summed E-state index contributed by atoms with van der Waals surface area (Å²) in [7, 11) is 0. The second-order valence-electron chi connectivity index (χ2n) is 6.40. The summed E-state index contributed by atoms with van der Waals surface area (Å²) in [6.07, 6.45) is -0.300. The van der Waals surface area contributed by atoms with Crippen LogP contribution in [0.3, 0.4) is 0 Å². The van der Waals surface area contributed by atoms with Gasteiger partial charge in [-0.05, 0) is 18.2 Å². The first-order valence-electron chi connectivity index (χ1n) is 8.09. The largest absolute Gasteiger partial charge is 0.447 e. The molecule has 0 bridgehead atoms. The smallest absolute Gasteiger partial charge is 0.410 e. The zero-order valence-electron chi connectivity index (χ0n) is 13.8. The van der Waals surface area contributed by atoms with E-state index in [0.717, 1.165) is 0 Å². The van der Waals surface area contributed by atoms with Gasteiger partial charge in [-0.3, -0.25) is 14.5 Å². The third-order valence-corrected chi connectivity index (χ3v) is 4.31. The number of nitrogens with zero attached hydrogens (tertiary/aromatic N) is 2. The number of carbonyl (C=O) groups is 3. The minimum absolute atomic E-state index is 0.0703. The summed E-state index contributed by atoms with van der Waals surface area (Å²) in [5.41, 5.74) is 1.13. The summed E-state index contributed by atoms with van der Waals surface area (Å²) in [4.78, 5) is 39.4. The van der Waals surface area contributed by atoms with E-state index in [1.807, 2.05) is 13.8 Å². The number of hydrogen-bond donors (Lipinski definition) is 1. The molecule has 1 aromatic carbocycles. The summed E-state index contributed by atoms with van der Waals surface area (Å²) >= 11 is 0. The second-order valence-corrected chi connectivity index (χ2v) is 6.40. The summed E-state index contributed by atoms with van der Waals surface area (Å²) in [6.45, 7) is 5.38. The molecule has 1 N–H and O–H groups in total. The lowest BCUT2D eigenvalue weighted by Gasteiger charge is -2.35. The minimum Gasteiger partial charge on any atom is -0.447 e. The molecule has 1 unspecified atom stereocenters. The predicted molar refractivity (Wildman–Crippen MR) is 87.7 cm³/mol. The predicted octanol–water partition coefficient (Wildman–Crippen LogP) is 1.56. The van der Waals surface area contributed by atoms with Gasteiger partial charge in [0.2, 0.25) is 5.91 Å². The highest BCUT2D eigenvalue weighted by molar-refractivity contribution is 5.97. The van der Waals surface area contributed by atoms with Crippen molar-refractivity contribution in [2.75, 3.05) is 31.6 Å². The van der Waals surface area contributed by atoms with Crippen LogP contribution in [0.5, 0.6) is 0 Å². The fraction of sp³-hybridized carbons (Fsp3) is 0.471. The van der Waals surface area contributed by atoms with Crippen molar-refractivity contribution in [1.29, 1.82) is 0 Å². The SMILES string of the molecule is CC(C)C(=O)Nc1cccc(C(=O)N2CCN3C(=O)OCC3C2)c1. The Kier molecular flexibility index (Phi) is 4.42. The normalized spacial score (nSPS) is 20.0. The molecule has 1 atom stereocenters. The van der Waals surface area contributed by atoms with Crippen LogP contribution >= 0.6 is 0 Å². The molecule has 2 heterocycles. The Morgan fingerprint density at radius 3 is 2.83 bits per heavy atom. The van der Waals surface area contributed by atoms with Crippen molar-refractivity contribution in [3.8, 4) is 0 Å². The first kappa shape index (κ1) is 16.3. The zero-order chi connectivity index (χ0) is 17.3. The van der Waals surface area contributed by atoms with E-state index in [9.17, 15) is 14.4 Å². The number of cyclic esters (lactones) is 1. The highest BCUT2D eigenvalue weighted by Gasteiger charge is 2.38. The number of amides is 3. The van der Waals surface area contributed by atoms with Crippen LogP contribution in [0.25, 0.3) is 0 Å². The summed E-state index contributed by atoms with van der Waals surface area (Å²) in [5.74, 6) is -0.318. The van der Waals surface area contributed by atoms with Crippen LogP contribution in [-0.4, -0.2) is 60.0 Å². The molecule has 24 heavy (non-hydrogen) atoms. The number of benzene rings is 1. The fourth-order valence-electron chi connectivity index (χ4n) is 2.87. The molecule has 0 saturated carbocycles. The molecule has 0 aromatic heterocycles. The maximum Gasteiger partial charge on any atom is 0.410 e. The molecule has 2 aliphatic rings. The van der Waals surface area contributed by atoms with Gasteiger partial charge in [0.25, 0.3) is 5.91 Å². The van der Waals surface area contributed by atoms with Crippen molar-refractivity contribution in [3.63, 3.8) is 0 Å². The number of piperazine rings is 1. The Labute approximate surface area is 140 Å². The lowest BCUT2D eigenvalue weighted by molar-refractivity contribution is -0.118. The van der Waals surface area contributed by atoms with E-state index in [1.165, 1.54) is 0 Å². The lowest BCUT2D eigenvalue weighted by atomic mass is 10.1. The lowest BCUT2D eigenvalue weighted by Crippen LogP contribution is -2.53. The van der Waals surface area contributed by atoms with Gasteiger partial charge >= 0.3 is 6.09 Å². The van der Waals surface area contributed by atoms with Crippen molar-refractivity contribution in [3.05, 3.63) is 29.8 Å². The van der Waals surface area contributed by atoms with Crippen LogP contribution in [-0.2, 0) is 9.53 Å². The molecule has 0 spiro atoms. The molecule has 2 saturated heterocycles. The Morgan fingerprint density at radius 2 is 2.08 bits per heavy atom. The molecule has 0 radical (unpaired) electrons. The highest BCUT2D eigenvalue weighted by Crippen LogP contribution is 2.20. The number of fused-ring (bicyclic) bond motifs is 1. The first-order chi connectivity index (χ1) is 11.5. The van der Waals surface area contributed by atoms with Crippen molar-refractivity contribution < 1.29 is 19.1 Å². The summed E-state index contributed by atoms with van der Waals surface area (Å²) in [5, 5.41) is 2.80. The van der Waals surface area contributed by atoms with Crippen molar-refractivity contribution in [2.24, 2.45) is 5.92 Å². The monoisotopic (exact) mass is 331 g/mol. The van der Waals surface area contributed by atoms with E-state index in [2.05, 4.69) is 5.32 Å². The van der Waals surface area contributed by atoms with E-state index in [4.69, 9.17) is 4.74 Å². The standard InChI is InChI=1S/C17H21N3O4/c1-11(2)15(21)18-13-5-3-4-12(8-13)16(22)19-6-7-20-14(9-19)10-24-17(20)23/h3-5,8,11,14H,6-7,9-10H2,1-2H3,(H,18,21). The Morgan fingerprint density at radius 1 is 1.29 bits per heavy atom. The molecule has 2 aliphatic heterocycles. The van der Waals surface area contributed by atoms with Crippen LogP contribution in [0.4, 0.5) is 10.5 Å². The Hall–Kier alpha value is -2.57. The average Bonchev–Trinajstić information content (AvgIpc) is 2.95. The van der Waals surface area contributed by atoms with Crippen LogP contribution in [0.1, 0.15) is 24.2 Å². The molecule has 1 aromatic rings. The summed E-state index contributed by atoms with van der Waals surface area (Å²) < 4.78 is 5.02. The van der Waals surface area contributed by atoms with E-state index < -0.39 is 0 Å². The van der Waals surface area contributed by atoms with Crippen molar-refractivity contribution in [1.82, 2.24) is 9.80 Å². The van der Waals surface area contributed by atoms with Gasteiger partial charge in [0, 0.05) is 36.8 Å². The third-order valence-electron chi connectivity index (χ3n) is 4.31. The van der Waals surface area contributed by atoms with Gasteiger partial charge in [0.05, 0.1) is 6.04 Å². The number of rotatable bonds is 3. The quantitative estimate of drug-likeness (QED) is 0.911. The molecule has 3 amide bonds. The first-order valence-corrected chi connectivity index (χ1v) is 8.09. The van der Waals surface area contributed by atoms with Crippen LogP contribution in [0, 0.1) is 5.92 Å². The maximum atomic E-state index is 12.7. The Bertz CT molecular complexity index is 674. The minimum atomic E-state index is -0.300. The number of ether oxygens (including phenoxy) is 1. The molecule has 2 fully saturated rings. The molecule has 128 valence electrons. The Balaban J connectivity index is 1.69. The fourth-order valence-corrected chi connectivity index (χ4v) is 2.87. The van der Waals surface area contributed by atoms with Crippen LogP contribution < -0.4 is 5.32 Å².